The monoisotopic (exact) mass is 379 g/mol. The Labute approximate surface area is 173 Å². The van der Waals surface area contributed by atoms with Crippen molar-refractivity contribution in [2.24, 2.45) is 0 Å². The fraction of sp³-hybridized carbons (Fsp3) is 0.923. The normalized spacial score (nSPS) is 11.6. The van der Waals surface area contributed by atoms with E-state index in [4.69, 9.17) is 0 Å². The second kappa shape index (κ2) is 25.7. The third kappa shape index (κ3) is 25.7. The number of rotatable bonds is 23. The van der Waals surface area contributed by atoms with Gasteiger partial charge in [0.1, 0.15) is 0 Å². The lowest BCUT2D eigenvalue weighted by Gasteiger charge is -2.05. The summed E-state index contributed by atoms with van der Waals surface area (Å²) >= 11 is 0. The maximum atomic E-state index is 3.63. The first-order valence-electron chi connectivity index (χ1n) is 12.8. The molecule has 0 aliphatic rings. The van der Waals surface area contributed by atoms with Crippen molar-refractivity contribution in [1.29, 1.82) is 0 Å². The largest absolute Gasteiger partial charge is 0.317 e. The summed E-state index contributed by atoms with van der Waals surface area (Å²) < 4.78 is 0. The molecule has 0 fully saturated rings. The van der Waals surface area contributed by atoms with Crippen molar-refractivity contribution >= 4 is 0 Å². The highest BCUT2D eigenvalue weighted by atomic mass is 14.8. The molecule has 0 aliphatic carbocycles. The molecule has 0 aliphatic heterocycles. The summed E-state index contributed by atoms with van der Waals surface area (Å²) in [7, 11) is 0. The highest BCUT2D eigenvalue weighted by Crippen LogP contribution is 2.10. The van der Waals surface area contributed by atoms with E-state index in [-0.39, 0.29) is 0 Å². The summed E-state index contributed by atoms with van der Waals surface area (Å²) in [5.41, 5.74) is 0. The Hall–Kier alpha value is -0.300. The summed E-state index contributed by atoms with van der Waals surface area (Å²) in [6, 6.07) is 0. The predicted octanol–water partition coefficient (Wildman–Crippen LogP) is 8.97. The lowest BCUT2D eigenvalue weighted by atomic mass is 10.1. The van der Waals surface area contributed by atoms with Gasteiger partial charge in [-0.15, -0.1) is 0 Å². The minimum Gasteiger partial charge on any atom is -0.317 e. The van der Waals surface area contributed by atoms with E-state index in [0.717, 1.165) is 0 Å². The van der Waals surface area contributed by atoms with Gasteiger partial charge in [0, 0.05) is 0 Å². The van der Waals surface area contributed by atoms with E-state index >= 15 is 0 Å². The van der Waals surface area contributed by atoms with Gasteiger partial charge in [-0.1, -0.05) is 116 Å². The van der Waals surface area contributed by atoms with Crippen molar-refractivity contribution in [2.45, 2.75) is 142 Å². The average Bonchev–Trinajstić information content (AvgIpc) is 2.68. The molecule has 0 atom stereocenters. The zero-order valence-electron chi connectivity index (χ0n) is 19.2. The van der Waals surface area contributed by atoms with Crippen LogP contribution in [0.4, 0.5) is 0 Å². The minimum absolute atomic E-state index is 1.24. The molecule has 0 aromatic rings. The van der Waals surface area contributed by atoms with Gasteiger partial charge in [-0.25, -0.2) is 0 Å². The molecule has 0 spiro atoms. The van der Waals surface area contributed by atoms with E-state index < -0.39 is 0 Å². The third-order valence-electron chi connectivity index (χ3n) is 5.57. The number of unbranched alkanes of at least 4 members (excludes halogenated alkanes) is 17. The molecule has 0 heterocycles. The number of nitrogens with one attached hydrogen (secondary N) is 1. The van der Waals surface area contributed by atoms with Crippen LogP contribution in [0.1, 0.15) is 142 Å². The molecule has 0 aromatic heterocycles. The third-order valence-corrected chi connectivity index (χ3v) is 5.57. The van der Waals surface area contributed by atoms with Crippen LogP contribution in [0.5, 0.6) is 0 Å². The Kier molecular flexibility index (Phi) is 25.4. The van der Waals surface area contributed by atoms with E-state index in [1.807, 2.05) is 0 Å². The van der Waals surface area contributed by atoms with Gasteiger partial charge in [0.2, 0.25) is 0 Å². The predicted molar refractivity (Wildman–Crippen MR) is 126 cm³/mol. The average molecular weight is 380 g/mol. The molecule has 0 rings (SSSR count). The molecule has 1 nitrogen and oxygen atoms in total. The molecule has 0 aromatic carbocycles. The Morgan fingerprint density at radius 2 is 0.741 bits per heavy atom. The number of allylic oxidation sites excluding steroid dienone is 2. The van der Waals surface area contributed by atoms with Crippen molar-refractivity contribution in [3.05, 3.63) is 12.2 Å². The fourth-order valence-electron chi connectivity index (χ4n) is 3.65. The first-order chi connectivity index (χ1) is 13.4. The van der Waals surface area contributed by atoms with Crippen molar-refractivity contribution in [3.8, 4) is 0 Å². The van der Waals surface area contributed by atoms with Crippen molar-refractivity contribution in [2.75, 3.05) is 13.1 Å². The maximum absolute atomic E-state index is 3.63. The standard InChI is InChI=1S/C26H53N/c1-3-5-7-9-11-12-13-14-15-16-17-18-20-22-24-26-27-25-23-21-19-10-8-6-4-2/h12-13,27H,3-11,14-26H2,1-2H3/b13-12+. The Morgan fingerprint density at radius 3 is 1.19 bits per heavy atom. The minimum atomic E-state index is 1.24. The van der Waals surface area contributed by atoms with Gasteiger partial charge in [0.15, 0.2) is 0 Å². The van der Waals surface area contributed by atoms with E-state index in [0.29, 0.717) is 0 Å². The molecule has 0 amide bonds. The molecular formula is C26H53N. The molecule has 1 N–H and O–H groups in total. The van der Waals surface area contributed by atoms with Crippen molar-refractivity contribution < 1.29 is 0 Å². The van der Waals surface area contributed by atoms with Gasteiger partial charge >= 0.3 is 0 Å². The van der Waals surface area contributed by atoms with Crippen LogP contribution < -0.4 is 5.32 Å². The maximum Gasteiger partial charge on any atom is -0.00489 e. The van der Waals surface area contributed by atoms with Crippen LogP contribution in [0, 0.1) is 0 Å². The topological polar surface area (TPSA) is 12.0 Å². The second-order valence-corrected chi connectivity index (χ2v) is 8.46. The van der Waals surface area contributed by atoms with Gasteiger partial charge < -0.3 is 5.32 Å². The molecule has 0 saturated heterocycles. The summed E-state index contributed by atoms with van der Waals surface area (Å²) in [6.45, 7) is 7.04. The highest BCUT2D eigenvalue weighted by molar-refractivity contribution is 4.81. The lowest BCUT2D eigenvalue weighted by Crippen LogP contribution is -2.16. The molecule has 0 unspecified atom stereocenters. The summed E-state index contributed by atoms with van der Waals surface area (Å²) in [6.07, 6.45) is 32.8. The first-order valence-corrected chi connectivity index (χ1v) is 12.8. The fourth-order valence-corrected chi connectivity index (χ4v) is 3.65. The first kappa shape index (κ1) is 26.7. The second-order valence-electron chi connectivity index (χ2n) is 8.46. The SMILES string of the molecule is CCCCCC/C=C/CCCCCCCCCNCCCCCCCCC. The van der Waals surface area contributed by atoms with Crippen LogP contribution in [0.25, 0.3) is 0 Å². The Morgan fingerprint density at radius 1 is 0.407 bits per heavy atom. The lowest BCUT2D eigenvalue weighted by molar-refractivity contribution is 0.535. The quantitative estimate of drug-likeness (QED) is 0.138. The number of hydrogen-bond donors (Lipinski definition) is 1. The zero-order valence-corrected chi connectivity index (χ0v) is 19.2. The number of hydrogen-bond acceptors (Lipinski definition) is 1. The summed E-state index contributed by atoms with van der Waals surface area (Å²) in [5.74, 6) is 0. The molecule has 0 bridgehead atoms. The summed E-state index contributed by atoms with van der Waals surface area (Å²) in [5, 5.41) is 3.63. The highest BCUT2D eigenvalue weighted by Gasteiger charge is 1.94. The van der Waals surface area contributed by atoms with Crippen LogP contribution in [0.2, 0.25) is 0 Å². The molecule has 27 heavy (non-hydrogen) atoms. The Bertz CT molecular complexity index is 271. The van der Waals surface area contributed by atoms with Crippen molar-refractivity contribution in [1.82, 2.24) is 5.32 Å². The van der Waals surface area contributed by atoms with E-state index in [9.17, 15) is 0 Å². The van der Waals surface area contributed by atoms with Crippen LogP contribution >= 0.6 is 0 Å². The van der Waals surface area contributed by atoms with Crippen LogP contribution in [0.3, 0.4) is 0 Å². The van der Waals surface area contributed by atoms with E-state index in [1.54, 1.807) is 0 Å². The molecule has 1 heteroatoms. The van der Waals surface area contributed by atoms with Gasteiger partial charge in [-0.05, 0) is 51.6 Å². The van der Waals surface area contributed by atoms with Crippen LogP contribution in [-0.4, -0.2) is 13.1 Å². The van der Waals surface area contributed by atoms with Gasteiger partial charge in [0.05, 0.1) is 0 Å². The van der Waals surface area contributed by atoms with E-state index in [1.165, 1.54) is 142 Å². The van der Waals surface area contributed by atoms with Crippen molar-refractivity contribution in [3.63, 3.8) is 0 Å². The molecule has 162 valence electrons. The van der Waals surface area contributed by atoms with Gasteiger partial charge in [-0.3, -0.25) is 0 Å². The Balaban J connectivity index is 3.02. The van der Waals surface area contributed by atoms with Gasteiger partial charge in [-0.2, -0.15) is 0 Å². The van der Waals surface area contributed by atoms with Crippen LogP contribution in [-0.2, 0) is 0 Å². The van der Waals surface area contributed by atoms with E-state index in [2.05, 4.69) is 31.3 Å². The summed E-state index contributed by atoms with van der Waals surface area (Å²) in [4.78, 5) is 0. The van der Waals surface area contributed by atoms with Crippen LogP contribution in [0.15, 0.2) is 12.2 Å². The molecular weight excluding hydrogens is 326 g/mol. The zero-order chi connectivity index (χ0) is 19.7. The smallest absolute Gasteiger partial charge is 0.00489 e. The van der Waals surface area contributed by atoms with Gasteiger partial charge in [0.25, 0.3) is 0 Å². The molecule has 0 saturated carbocycles. The molecule has 0 radical (unpaired) electrons.